The summed E-state index contributed by atoms with van der Waals surface area (Å²) >= 11 is 0. The van der Waals surface area contributed by atoms with Crippen molar-refractivity contribution in [2.24, 2.45) is 5.41 Å². The minimum atomic E-state index is -1.25. The van der Waals surface area contributed by atoms with Crippen LogP contribution < -0.4 is 0 Å². The molecule has 3 heteroatoms. The lowest BCUT2D eigenvalue weighted by Gasteiger charge is -2.29. The van der Waals surface area contributed by atoms with E-state index in [1.807, 2.05) is 20.8 Å². The van der Waals surface area contributed by atoms with Crippen molar-refractivity contribution in [3.8, 4) is 0 Å². The summed E-state index contributed by atoms with van der Waals surface area (Å²) in [6.45, 7) is 11.2. The van der Waals surface area contributed by atoms with Crippen LogP contribution in [0.3, 0.4) is 0 Å². The Labute approximate surface area is 73.0 Å². The lowest BCUT2D eigenvalue weighted by atomic mass is 9.85. The Bertz CT molecular complexity index is 188. The lowest BCUT2D eigenvalue weighted by Crippen LogP contribution is -2.31. The Hall–Kier alpha value is -0.990. The van der Waals surface area contributed by atoms with E-state index in [0.29, 0.717) is 0 Å². The van der Waals surface area contributed by atoms with Gasteiger partial charge in [0.1, 0.15) is 6.10 Å². The summed E-state index contributed by atoms with van der Waals surface area (Å²) in [5.74, 6) is 0. The molecule has 3 nitrogen and oxygen atoms in total. The first-order valence-electron chi connectivity index (χ1n) is 3.80. The third-order valence-electron chi connectivity index (χ3n) is 1.45. The van der Waals surface area contributed by atoms with Crippen molar-refractivity contribution < 1.29 is 14.6 Å². The van der Waals surface area contributed by atoms with Gasteiger partial charge in [-0.2, -0.15) is 0 Å². The van der Waals surface area contributed by atoms with Gasteiger partial charge in [0.15, 0.2) is 0 Å². The van der Waals surface area contributed by atoms with Crippen LogP contribution in [0, 0.1) is 5.41 Å². The van der Waals surface area contributed by atoms with Crippen LogP contribution in [0.1, 0.15) is 27.7 Å². The summed E-state index contributed by atoms with van der Waals surface area (Å²) in [4.78, 5) is 10.3. The summed E-state index contributed by atoms with van der Waals surface area (Å²) in [6, 6.07) is 0. The quantitative estimate of drug-likeness (QED) is 0.514. The first-order chi connectivity index (χ1) is 5.25. The van der Waals surface area contributed by atoms with E-state index >= 15 is 0 Å². The number of carbonyl (C=O) groups is 1. The minimum absolute atomic E-state index is 0.232. The molecule has 0 aliphatic rings. The molecule has 1 unspecified atom stereocenters. The highest BCUT2D eigenvalue weighted by atomic mass is 16.7. The first kappa shape index (κ1) is 11.0. The van der Waals surface area contributed by atoms with E-state index < -0.39 is 12.3 Å². The van der Waals surface area contributed by atoms with E-state index in [1.165, 1.54) is 0 Å². The van der Waals surface area contributed by atoms with Gasteiger partial charge in [0.2, 0.25) is 0 Å². The smallest absolute Gasteiger partial charge is 0.450 e. The van der Waals surface area contributed by atoms with E-state index in [-0.39, 0.29) is 5.41 Å². The number of ether oxygens (including phenoxy) is 1. The van der Waals surface area contributed by atoms with E-state index in [1.54, 1.807) is 6.92 Å². The van der Waals surface area contributed by atoms with Gasteiger partial charge >= 0.3 is 6.16 Å². The van der Waals surface area contributed by atoms with E-state index in [4.69, 9.17) is 9.84 Å². The molecule has 70 valence electrons. The van der Waals surface area contributed by atoms with Crippen LogP contribution >= 0.6 is 0 Å². The van der Waals surface area contributed by atoms with Crippen molar-refractivity contribution in [2.45, 2.75) is 33.8 Å². The zero-order valence-electron chi connectivity index (χ0n) is 8.05. The Morgan fingerprint density at radius 1 is 1.50 bits per heavy atom. The Morgan fingerprint density at radius 2 is 1.92 bits per heavy atom. The zero-order chi connectivity index (χ0) is 9.94. The summed E-state index contributed by atoms with van der Waals surface area (Å²) in [5.41, 5.74) is 0.495. The van der Waals surface area contributed by atoms with Crippen molar-refractivity contribution in [1.29, 1.82) is 0 Å². The van der Waals surface area contributed by atoms with Gasteiger partial charge in [-0.1, -0.05) is 27.4 Å². The van der Waals surface area contributed by atoms with Gasteiger partial charge in [0.25, 0.3) is 0 Å². The topological polar surface area (TPSA) is 46.5 Å². The third kappa shape index (κ3) is 3.42. The average Bonchev–Trinajstić information content (AvgIpc) is 1.79. The number of rotatable bonds is 2. The second-order valence-electron chi connectivity index (χ2n) is 3.98. The third-order valence-corrected chi connectivity index (χ3v) is 1.45. The summed E-state index contributed by atoms with van der Waals surface area (Å²) in [6.07, 6.45) is -1.69. The summed E-state index contributed by atoms with van der Waals surface area (Å²) in [7, 11) is 0. The molecule has 0 saturated heterocycles. The highest BCUT2D eigenvalue weighted by Crippen LogP contribution is 2.26. The molecule has 0 saturated carbocycles. The van der Waals surface area contributed by atoms with Gasteiger partial charge in [-0.25, -0.2) is 4.79 Å². The normalized spacial score (nSPS) is 13.7. The van der Waals surface area contributed by atoms with Gasteiger partial charge in [0.05, 0.1) is 0 Å². The van der Waals surface area contributed by atoms with Gasteiger partial charge in [-0.15, -0.1) is 0 Å². The van der Waals surface area contributed by atoms with Gasteiger partial charge < -0.3 is 9.84 Å². The number of carboxylic acid groups (broad SMARTS) is 1. The second kappa shape index (κ2) is 3.61. The predicted molar refractivity (Wildman–Crippen MR) is 47.2 cm³/mol. The highest BCUT2D eigenvalue weighted by molar-refractivity contribution is 5.57. The van der Waals surface area contributed by atoms with E-state index in [0.717, 1.165) is 5.57 Å². The fourth-order valence-electron chi connectivity index (χ4n) is 1.12. The zero-order valence-corrected chi connectivity index (χ0v) is 8.05. The molecule has 0 aliphatic carbocycles. The number of hydrogen-bond acceptors (Lipinski definition) is 2. The maximum atomic E-state index is 10.3. The lowest BCUT2D eigenvalue weighted by molar-refractivity contribution is 0.0204. The maximum Gasteiger partial charge on any atom is 0.506 e. The molecule has 0 radical (unpaired) electrons. The number of hydrogen-bond donors (Lipinski definition) is 1. The molecule has 0 aromatic carbocycles. The molecule has 12 heavy (non-hydrogen) atoms. The molecule has 0 spiro atoms. The van der Waals surface area contributed by atoms with Gasteiger partial charge in [-0.3, -0.25) is 0 Å². The molecule has 0 aromatic heterocycles. The Morgan fingerprint density at radius 3 is 2.00 bits per heavy atom. The summed E-state index contributed by atoms with van der Waals surface area (Å²) < 4.78 is 4.69. The monoisotopic (exact) mass is 172 g/mol. The molecule has 1 atom stereocenters. The van der Waals surface area contributed by atoms with Crippen LogP contribution in [-0.4, -0.2) is 17.4 Å². The highest BCUT2D eigenvalue weighted by Gasteiger charge is 2.28. The molecule has 0 aliphatic heterocycles. The predicted octanol–water partition coefficient (Wildman–Crippen LogP) is 2.67. The molecule has 0 heterocycles. The van der Waals surface area contributed by atoms with Crippen molar-refractivity contribution in [1.82, 2.24) is 0 Å². The van der Waals surface area contributed by atoms with Crippen LogP contribution in [0.2, 0.25) is 0 Å². The van der Waals surface area contributed by atoms with Crippen LogP contribution in [0.5, 0.6) is 0 Å². The Kier molecular flexibility index (Phi) is 3.31. The molecule has 0 amide bonds. The maximum absolute atomic E-state index is 10.3. The SMILES string of the molecule is C=C(C)C(OC(=O)O)C(C)(C)C. The van der Waals surface area contributed by atoms with Crippen molar-refractivity contribution >= 4 is 6.16 Å². The Balaban J connectivity index is 4.46. The minimum Gasteiger partial charge on any atom is -0.450 e. The molecule has 0 fully saturated rings. The van der Waals surface area contributed by atoms with E-state index in [2.05, 4.69) is 6.58 Å². The molecule has 0 bridgehead atoms. The van der Waals surface area contributed by atoms with Crippen molar-refractivity contribution in [3.63, 3.8) is 0 Å². The second-order valence-corrected chi connectivity index (χ2v) is 3.98. The summed E-state index contributed by atoms with van der Waals surface area (Å²) in [5, 5.41) is 8.43. The molecule has 0 rings (SSSR count). The van der Waals surface area contributed by atoms with Crippen LogP contribution in [0.15, 0.2) is 12.2 Å². The average molecular weight is 172 g/mol. The van der Waals surface area contributed by atoms with Gasteiger partial charge in [-0.05, 0) is 12.5 Å². The molecule has 1 N–H and O–H groups in total. The largest absolute Gasteiger partial charge is 0.506 e. The molecular weight excluding hydrogens is 156 g/mol. The van der Waals surface area contributed by atoms with Crippen molar-refractivity contribution in [3.05, 3.63) is 12.2 Å². The molecular formula is C9H16O3. The van der Waals surface area contributed by atoms with Crippen LogP contribution in [0.25, 0.3) is 0 Å². The van der Waals surface area contributed by atoms with E-state index in [9.17, 15) is 4.79 Å². The molecule has 0 aromatic rings. The first-order valence-corrected chi connectivity index (χ1v) is 3.80. The fourth-order valence-corrected chi connectivity index (χ4v) is 1.12. The van der Waals surface area contributed by atoms with Crippen LogP contribution in [-0.2, 0) is 4.74 Å². The standard InChI is InChI=1S/C9H16O3/c1-6(2)7(9(3,4)5)12-8(10)11/h7H,1H2,2-5H3,(H,10,11). The van der Waals surface area contributed by atoms with Crippen LogP contribution in [0.4, 0.5) is 4.79 Å². The van der Waals surface area contributed by atoms with Crippen molar-refractivity contribution in [2.75, 3.05) is 0 Å². The van der Waals surface area contributed by atoms with Gasteiger partial charge in [0, 0.05) is 5.41 Å². The fraction of sp³-hybridized carbons (Fsp3) is 0.667.